The van der Waals surface area contributed by atoms with Crippen molar-refractivity contribution in [3.05, 3.63) is 81.9 Å². The summed E-state index contributed by atoms with van der Waals surface area (Å²) >= 11 is 6.56. The predicted molar refractivity (Wildman–Crippen MR) is 167 cm³/mol. The molecule has 2 heterocycles. The van der Waals surface area contributed by atoms with Crippen LogP contribution >= 0.6 is 11.6 Å². The molecule has 13 heteroatoms. The Labute approximate surface area is 253 Å². The summed E-state index contributed by atoms with van der Waals surface area (Å²) in [6.45, 7) is 1.74. The minimum Gasteiger partial charge on any atom is -0.496 e. The van der Waals surface area contributed by atoms with E-state index in [-0.39, 0.29) is 23.2 Å². The van der Waals surface area contributed by atoms with E-state index in [1.54, 1.807) is 37.3 Å². The molecule has 0 radical (unpaired) electrons. The number of methoxy groups -OCH3 is 1. The summed E-state index contributed by atoms with van der Waals surface area (Å²) in [5.74, 6) is 0.0145. The van der Waals surface area contributed by atoms with Crippen LogP contribution in [0, 0.1) is 4.91 Å². The number of piperazine rings is 1. The number of para-hydroxylation sites is 1. The molecule has 5 rings (SSSR count). The minimum atomic E-state index is -0.380. The maximum absolute atomic E-state index is 13.7. The largest absolute Gasteiger partial charge is 0.496 e. The molecule has 1 aromatic heterocycles. The van der Waals surface area contributed by atoms with Gasteiger partial charge in [0.2, 0.25) is 0 Å². The van der Waals surface area contributed by atoms with Crippen LogP contribution in [0.3, 0.4) is 0 Å². The summed E-state index contributed by atoms with van der Waals surface area (Å²) in [4.78, 5) is 43.9. The van der Waals surface area contributed by atoms with Crippen molar-refractivity contribution in [3.8, 4) is 17.0 Å². The number of carbonyl (C=O) groups excluding carboxylic acids is 2. The highest BCUT2D eigenvalue weighted by Gasteiger charge is 2.30. The zero-order chi connectivity index (χ0) is 30.7. The van der Waals surface area contributed by atoms with Crippen molar-refractivity contribution in [2.24, 2.45) is 12.2 Å². The fourth-order valence-corrected chi connectivity index (χ4v) is 5.27. The lowest BCUT2D eigenvalue weighted by Crippen LogP contribution is -2.49. The first kappa shape index (κ1) is 29.5. The molecule has 12 nitrogen and oxygen atoms in total. The predicted octanol–water partition coefficient (Wildman–Crippen LogP) is 4.82. The quantitative estimate of drug-likeness (QED) is 0.285. The molecule has 0 bridgehead atoms. The van der Waals surface area contributed by atoms with Gasteiger partial charge in [-0.05, 0) is 53.7 Å². The van der Waals surface area contributed by atoms with E-state index >= 15 is 0 Å². The van der Waals surface area contributed by atoms with Crippen molar-refractivity contribution in [3.63, 3.8) is 0 Å². The highest BCUT2D eigenvalue weighted by Crippen LogP contribution is 2.38. The van der Waals surface area contributed by atoms with Crippen molar-refractivity contribution in [1.82, 2.24) is 19.9 Å². The van der Waals surface area contributed by atoms with Crippen LogP contribution in [0.15, 0.2) is 65.8 Å². The molecule has 0 atom stereocenters. The Balaban J connectivity index is 1.32. The third-order valence-corrected chi connectivity index (χ3v) is 7.66. The number of aryl methyl sites for hydroxylation is 1. The first-order chi connectivity index (χ1) is 20.7. The van der Waals surface area contributed by atoms with Crippen LogP contribution in [-0.2, 0) is 7.05 Å². The van der Waals surface area contributed by atoms with Crippen molar-refractivity contribution >= 4 is 46.2 Å². The molecule has 1 saturated heterocycles. The monoisotopic (exact) mass is 602 g/mol. The van der Waals surface area contributed by atoms with Crippen molar-refractivity contribution in [2.45, 2.75) is 0 Å². The van der Waals surface area contributed by atoms with Gasteiger partial charge in [0.1, 0.15) is 17.1 Å². The van der Waals surface area contributed by atoms with E-state index in [2.05, 4.69) is 20.8 Å². The maximum Gasteiger partial charge on any atom is 0.274 e. The molecule has 222 valence electrons. The van der Waals surface area contributed by atoms with E-state index in [1.807, 2.05) is 60.3 Å². The second kappa shape index (κ2) is 12.5. The van der Waals surface area contributed by atoms with Gasteiger partial charge in [0.15, 0.2) is 5.69 Å². The van der Waals surface area contributed by atoms with E-state index in [0.717, 1.165) is 5.69 Å². The Kier molecular flexibility index (Phi) is 8.58. The molecule has 3 aromatic carbocycles. The molecule has 0 saturated carbocycles. The Morgan fingerprint density at radius 2 is 1.72 bits per heavy atom. The molecule has 1 N–H and O–H groups in total. The van der Waals surface area contributed by atoms with E-state index < -0.39 is 0 Å². The summed E-state index contributed by atoms with van der Waals surface area (Å²) in [7, 11) is 7.08. The van der Waals surface area contributed by atoms with Gasteiger partial charge in [0, 0.05) is 64.1 Å². The summed E-state index contributed by atoms with van der Waals surface area (Å²) < 4.78 is 6.95. The third kappa shape index (κ3) is 6.00. The molecular formula is C30H31ClN8O4. The first-order valence-electron chi connectivity index (χ1n) is 13.5. The number of ether oxygens (including phenoxy) is 1. The van der Waals surface area contributed by atoms with Crippen molar-refractivity contribution in [1.29, 1.82) is 0 Å². The van der Waals surface area contributed by atoms with Gasteiger partial charge in [-0.25, -0.2) is 4.68 Å². The molecule has 2 amide bonds. The van der Waals surface area contributed by atoms with E-state index in [1.165, 1.54) is 10.7 Å². The lowest BCUT2D eigenvalue weighted by molar-refractivity contribution is 0.0736. The molecule has 1 aliphatic rings. The fraction of sp³-hybridized carbons (Fsp3) is 0.267. The molecule has 0 unspecified atom stereocenters. The minimum absolute atomic E-state index is 0.0217. The van der Waals surface area contributed by atoms with Gasteiger partial charge in [-0.15, -0.1) is 10.0 Å². The second-order valence-corrected chi connectivity index (χ2v) is 10.6. The average Bonchev–Trinajstić information content (AvgIpc) is 3.42. The van der Waals surface area contributed by atoms with E-state index in [4.69, 9.17) is 16.3 Å². The van der Waals surface area contributed by atoms with E-state index in [9.17, 15) is 14.5 Å². The standard InChI is InChI=1S/C30H31ClN8O4/c1-36(2)20-11-9-19(10-12-20)29(40)32-23-18-25(22(31)17-24(23)34-42)38-13-15-39(16-14-38)30(41)28-27(33-35-37(28)3)21-7-5-6-8-26(21)43-4/h5-12,17-18H,13-16H2,1-4H3,(H,32,40). The third-order valence-electron chi connectivity index (χ3n) is 7.36. The van der Waals surface area contributed by atoms with Crippen LogP contribution < -0.4 is 19.9 Å². The highest BCUT2D eigenvalue weighted by atomic mass is 35.5. The van der Waals surface area contributed by atoms with Gasteiger partial charge in [-0.2, -0.15) is 0 Å². The molecule has 1 aliphatic heterocycles. The van der Waals surface area contributed by atoms with Crippen LogP contribution in [-0.4, -0.2) is 79.1 Å². The SMILES string of the molecule is COc1ccccc1-c1nnn(C)c1C(=O)N1CCN(c2cc(NC(=O)c3ccc(N(C)C)cc3)c(N=O)cc2Cl)CC1. The summed E-state index contributed by atoms with van der Waals surface area (Å²) in [5.41, 5.74) is 3.77. The number of nitrogens with one attached hydrogen (secondary N) is 1. The molecule has 0 spiro atoms. The van der Waals surface area contributed by atoms with Gasteiger partial charge in [0.05, 0.1) is 23.5 Å². The van der Waals surface area contributed by atoms with Crippen LogP contribution in [0.1, 0.15) is 20.8 Å². The number of rotatable bonds is 8. The number of aromatic nitrogens is 3. The number of nitrogens with zero attached hydrogens (tertiary/aromatic N) is 7. The lowest BCUT2D eigenvalue weighted by atomic mass is 10.1. The number of benzene rings is 3. The maximum atomic E-state index is 13.7. The molecule has 4 aromatic rings. The van der Waals surface area contributed by atoms with Gasteiger partial charge >= 0.3 is 0 Å². The molecule has 43 heavy (non-hydrogen) atoms. The number of hydrogen-bond donors (Lipinski definition) is 1. The summed E-state index contributed by atoms with van der Waals surface area (Å²) in [6.07, 6.45) is 0. The number of amides is 2. The van der Waals surface area contributed by atoms with Crippen molar-refractivity contribution in [2.75, 3.05) is 62.5 Å². The number of carbonyl (C=O) groups is 2. The van der Waals surface area contributed by atoms with Gasteiger partial charge in [-0.3, -0.25) is 9.59 Å². The fourth-order valence-electron chi connectivity index (χ4n) is 4.99. The van der Waals surface area contributed by atoms with Crippen LogP contribution in [0.25, 0.3) is 11.3 Å². The van der Waals surface area contributed by atoms with Gasteiger partial charge in [-0.1, -0.05) is 28.9 Å². The number of nitroso groups, excluding NO2 is 1. The van der Waals surface area contributed by atoms with Crippen molar-refractivity contribution < 1.29 is 14.3 Å². The number of anilines is 3. The van der Waals surface area contributed by atoms with Crippen LogP contribution in [0.4, 0.5) is 22.7 Å². The zero-order valence-electron chi connectivity index (χ0n) is 24.2. The lowest BCUT2D eigenvalue weighted by Gasteiger charge is -2.36. The smallest absolute Gasteiger partial charge is 0.274 e. The van der Waals surface area contributed by atoms with Crippen LogP contribution in [0.5, 0.6) is 5.75 Å². The van der Waals surface area contributed by atoms with Gasteiger partial charge in [0.25, 0.3) is 11.8 Å². The zero-order valence-corrected chi connectivity index (χ0v) is 25.0. The number of hydrogen-bond acceptors (Lipinski definition) is 9. The molecule has 0 aliphatic carbocycles. The average molecular weight is 603 g/mol. The molecule has 1 fully saturated rings. The topological polar surface area (TPSA) is 125 Å². The Bertz CT molecular complexity index is 1660. The Morgan fingerprint density at radius 1 is 1.02 bits per heavy atom. The summed E-state index contributed by atoms with van der Waals surface area (Å²) in [6, 6.07) is 17.5. The van der Waals surface area contributed by atoms with E-state index in [0.29, 0.717) is 65.2 Å². The second-order valence-electron chi connectivity index (χ2n) is 10.2. The Morgan fingerprint density at radius 3 is 2.37 bits per heavy atom. The van der Waals surface area contributed by atoms with Crippen LogP contribution in [0.2, 0.25) is 5.02 Å². The Hall–Kier alpha value is -4.97. The number of halogens is 1. The van der Waals surface area contributed by atoms with Gasteiger partial charge < -0.3 is 24.8 Å². The highest BCUT2D eigenvalue weighted by molar-refractivity contribution is 6.34. The first-order valence-corrected chi connectivity index (χ1v) is 13.9. The summed E-state index contributed by atoms with van der Waals surface area (Å²) in [5, 5.41) is 14.5. The molecular weight excluding hydrogens is 572 g/mol. The normalized spacial score (nSPS) is 13.0.